The number of aryl methyl sites for hydroxylation is 1. The number of fused-ring (bicyclic) bond motifs is 1. The van der Waals surface area contributed by atoms with E-state index in [1.807, 2.05) is 55.5 Å². The van der Waals surface area contributed by atoms with E-state index in [2.05, 4.69) is 0 Å². The number of thiophene rings is 1. The van der Waals surface area contributed by atoms with Gasteiger partial charge in [-0.3, -0.25) is 4.79 Å². The summed E-state index contributed by atoms with van der Waals surface area (Å²) in [5.41, 5.74) is 1.78. The number of benzene rings is 2. The highest BCUT2D eigenvalue weighted by Crippen LogP contribution is 2.31. The maximum atomic E-state index is 12.4. The van der Waals surface area contributed by atoms with Crippen LogP contribution < -0.4 is 4.74 Å². The second kappa shape index (κ2) is 8.22. The predicted molar refractivity (Wildman–Crippen MR) is 106 cm³/mol. The summed E-state index contributed by atoms with van der Waals surface area (Å²) in [6, 6.07) is 15.3. The zero-order chi connectivity index (χ0) is 19.4. The molecule has 1 heterocycles. The normalized spacial score (nSPS) is 10.6. The van der Waals surface area contributed by atoms with Crippen molar-refractivity contribution in [2.75, 3.05) is 20.8 Å². The molecule has 0 aliphatic heterocycles. The number of nitrogens with zero attached hydrogens (tertiary/aromatic N) is 1. The van der Waals surface area contributed by atoms with Crippen LogP contribution in [0.15, 0.2) is 48.5 Å². The Kier molecular flexibility index (Phi) is 5.76. The summed E-state index contributed by atoms with van der Waals surface area (Å²) in [6.07, 6.45) is 0. The number of rotatable bonds is 6. The first-order chi connectivity index (χ1) is 13.0. The van der Waals surface area contributed by atoms with Crippen LogP contribution >= 0.6 is 11.3 Å². The molecule has 140 valence electrons. The number of amides is 1. The SMILES string of the molecule is COc1ccccc1CN(C)C(=O)COC(=O)c1sc2ccccc2c1C. The molecule has 0 spiro atoms. The molecule has 1 aromatic heterocycles. The van der Waals surface area contributed by atoms with Crippen molar-refractivity contribution in [1.82, 2.24) is 4.90 Å². The molecule has 0 atom stereocenters. The summed E-state index contributed by atoms with van der Waals surface area (Å²) < 4.78 is 11.6. The van der Waals surface area contributed by atoms with Gasteiger partial charge in [-0.25, -0.2) is 4.79 Å². The third-order valence-corrected chi connectivity index (χ3v) is 5.63. The van der Waals surface area contributed by atoms with Crippen LogP contribution in [0.5, 0.6) is 5.75 Å². The molecular weight excluding hydrogens is 362 g/mol. The second-order valence-corrected chi connectivity index (χ2v) is 7.24. The van der Waals surface area contributed by atoms with Crippen LogP contribution in [0.2, 0.25) is 0 Å². The summed E-state index contributed by atoms with van der Waals surface area (Å²) in [6.45, 7) is 1.98. The van der Waals surface area contributed by atoms with E-state index in [0.717, 1.165) is 27.0 Å². The van der Waals surface area contributed by atoms with Crippen molar-refractivity contribution in [3.63, 3.8) is 0 Å². The highest BCUT2D eigenvalue weighted by Gasteiger charge is 2.19. The molecule has 1 amide bonds. The summed E-state index contributed by atoms with van der Waals surface area (Å²) in [4.78, 5) is 26.8. The van der Waals surface area contributed by atoms with Crippen LogP contribution in [0.3, 0.4) is 0 Å². The number of methoxy groups -OCH3 is 1. The molecule has 0 aliphatic rings. The minimum atomic E-state index is -0.465. The standard InChI is InChI=1S/C21H21NO4S/c1-14-16-9-5-7-11-18(16)27-20(14)21(24)26-13-19(23)22(2)12-15-8-4-6-10-17(15)25-3/h4-11H,12-13H2,1-3H3. The highest BCUT2D eigenvalue weighted by atomic mass is 32.1. The fraction of sp³-hybridized carbons (Fsp3) is 0.238. The van der Waals surface area contributed by atoms with Crippen molar-refractivity contribution >= 4 is 33.3 Å². The van der Waals surface area contributed by atoms with E-state index in [1.165, 1.54) is 16.2 Å². The lowest BCUT2D eigenvalue weighted by molar-refractivity contribution is -0.133. The number of carbonyl (C=O) groups is 2. The highest BCUT2D eigenvalue weighted by molar-refractivity contribution is 7.21. The number of carbonyl (C=O) groups excluding carboxylic acids is 2. The molecule has 0 N–H and O–H groups in total. The van der Waals surface area contributed by atoms with E-state index in [-0.39, 0.29) is 12.5 Å². The van der Waals surface area contributed by atoms with Gasteiger partial charge in [0.1, 0.15) is 10.6 Å². The van der Waals surface area contributed by atoms with Gasteiger partial charge in [0.05, 0.1) is 7.11 Å². The van der Waals surface area contributed by atoms with Crippen LogP contribution in [0.1, 0.15) is 20.8 Å². The smallest absolute Gasteiger partial charge is 0.349 e. The zero-order valence-electron chi connectivity index (χ0n) is 15.5. The van der Waals surface area contributed by atoms with Gasteiger partial charge in [-0.2, -0.15) is 0 Å². The number of likely N-dealkylation sites (N-methyl/N-ethyl adjacent to an activating group) is 1. The Labute approximate surface area is 162 Å². The Morgan fingerprint density at radius 1 is 1.07 bits per heavy atom. The minimum absolute atomic E-state index is 0.270. The topological polar surface area (TPSA) is 55.8 Å². The first kappa shape index (κ1) is 18.9. The predicted octanol–water partition coefficient (Wildman–Crippen LogP) is 4.03. The molecule has 0 bridgehead atoms. The molecule has 0 fully saturated rings. The minimum Gasteiger partial charge on any atom is -0.496 e. The zero-order valence-corrected chi connectivity index (χ0v) is 16.3. The Bertz CT molecular complexity index is 979. The first-order valence-electron chi connectivity index (χ1n) is 8.52. The molecule has 6 heteroatoms. The third kappa shape index (κ3) is 4.11. The average Bonchev–Trinajstić information content (AvgIpc) is 3.03. The van der Waals surface area contributed by atoms with Gasteiger partial charge in [0.25, 0.3) is 5.91 Å². The number of ether oxygens (including phenoxy) is 2. The van der Waals surface area contributed by atoms with Crippen LogP contribution in [-0.2, 0) is 16.1 Å². The monoisotopic (exact) mass is 383 g/mol. The summed E-state index contributed by atoms with van der Waals surface area (Å²) in [5.74, 6) is -0.0178. The van der Waals surface area contributed by atoms with Crippen molar-refractivity contribution in [3.8, 4) is 5.75 Å². The molecule has 3 aromatic rings. The molecule has 27 heavy (non-hydrogen) atoms. The van der Waals surface area contributed by atoms with E-state index >= 15 is 0 Å². The molecule has 0 saturated heterocycles. The maximum absolute atomic E-state index is 12.4. The molecule has 5 nitrogen and oxygen atoms in total. The van der Waals surface area contributed by atoms with Crippen molar-refractivity contribution in [2.45, 2.75) is 13.5 Å². The Morgan fingerprint density at radius 3 is 2.52 bits per heavy atom. The van der Waals surface area contributed by atoms with Gasteiger partial charge in [-0.05, 0) is 30.0 Å². The van der Waals surface area contributed by atoms with Crippen molar-refractivity contribution < 1.29 is 19.1 Å². The number of hydrogen-bond donors (Lipinski definition) is 0. The Balaban J connectivity index is 1.62. The first-order valence-corrected chi connectivity index (χ1v) is 9.34. The van der Waals surface area contributed by atoms with Crippen LogP contribution in [-0.4, -0.2) is 37.5 Å². The van der Waals surface area contributed by atoms with Gasteiger partial charge in [-0.15, -0.1) is 11.3 Å². The van der Waals surface area contributed by atoms with E-state index in [0.29, 0.717) is 11.4 Å². The Hall–Kier alpha value is -2.86. The van der Waals surface area contributed by atoms with Gasteiger partial charge < -0.3 is 14.4 Å². The van der Waals surface area contributed by atoms with E-state index in [1.54, 1.807) is 14.2 Å². The molecule has 0 unspecified atom stereocenters. The molecule has 0 aliphatic carbocycles. The molecule has 0 saturated carbocycles. The van der Waals surface area contributed by atoms with Gasteiger partial charge in [0, 0.05) is 23.9 Å². The lowest BCUT2D eigenvalue weighted by Gasteiger charge is -2.18. The molecule has 0 radical (unpaired) electrons. The molecule has 3 rings (SSSR count). The van der Waals surface area contributed by atoms with Crippen LogP contribution in [0, 0.1) is 6.92 Å². The molecular formula is C21H21NO4S. The maximum Gasteiger partial charge on any atom is 0.349 e. The van der Waals surface area contributed by atoms with E-state index in [9.17, 15) is 9.59 Å². The molecule has 2 aromatic carbocycles. The van der Waals surface area contributed by atoms with Gasteiger partial charge in [0.15, 0.2) is 6.61 Å². The third-order valence-electron chi connectivity index (χ3n) is 4.38. The summed E-state index contributed by atoms with van der Waals surface area (Å²) >= 11 is 1.38. The lowest BCUT2D eigenvalue weighted by atomic mass is 10.1. The fourth-order valence-electron chi connectivity index (χ4n) is 2.85. The van der Waals surface area contributed by atoms with Crippen LogP contribution in [0.4, 0.5) is 0 Å². The largest absolute Gasteiger partial charge is 0.496 e. The second-order valence-electron chi connectivity index (χ2n) is 6.19. The van der Waals surface area contributed by atoms with E-state index in [4.69, 9.17) is 9.47 Å². The van der Waals surface area contributed by atoms with Gasteiger partial charge in [-0.1, -0.05) is 36.4 Å². The fourth-order valence-corrected chi connectivity index (χ4v) is 3.95. The number of esters is 1. The van der Waals surface area contributed by atoms with E-state index < -0.39 is 5.97 Å². The Morgan fingerprint density at radius 2 is 1.78 bits per heavy atom. The number of para-hydroxylation sites is 1. The van der Waals surface area contributed by atoms with Gasteiger partial charge >= 0.3 is 5.97 Å². The van der Waals surface area contributed by atoms with Crippen molar-refractivity contribution in [3.05, 3.63) is 64.5 Å². The average molecular weight is 383 g/mol. The number of hydrogen-bond acceptors (Lipinski definition) is 5. The lowest BCUT2D eigenvalue weighted by Crippen LogP contribution is -2.31. The van der Waals surface area contributed by atoms with Crippen molar-refractivity contribution in [1.29, 1.82) is 0 Å². The quantitative estimate of drug-likeness (QED) is 0.603. The van der Waals surface area contributed by atoms with Crippen molar-refractivity contribution in [2.24, 2.45) is 0 Å². The summed E-state index contributed by atoms with van der Waals surface area (Å²) in [7, 11) is 3.27. The van der Waals surface area contributed by atoms with Crippen LogP contribution in [0.25, 0.3) is 10.1 Å². The summed E-state index contributed by atoms with van der Waals surface area (Å²) in [5, 5.41) is 1.04. The van der Waals surface area contributed by atoms with Gasteiger partial charge in [0.2, 0.25) is 0 Å².